The normalized spacial score (nSPS) is 28.6. The molecule has 62 heavy (non-hydrogen) atoms. The van der Waals surface area contributed by atoms with Crippen molar-refractivity contribution in [2.75, 3.05) is 20.3 Å². The Morgan fingerprint density at radius 1 is 1.05 bits per heavy atom. The summed E-state index contributed by atoms with van der Waals surface area (Å²) < 4.78 is 140. The third kappa shape index (κ3) is 9.25. The van der Waals surface area contributed by atoms with Gasteiger partial charge in [-0.05, 0) is 82.4 Å². The second-order valence-electron chi connectivity index (χ2n) is 17.2. The number of carbonyl (C=O) groups is 4. The third-order valence-corrected chi connectivity index (χ3v) is 14.3. The Kier molecular flexibility index (Phi) is 12.5. The third-order valence-electron chi connectivity index (χ3n) is 12.2. The van der Waals surface area contributed by atoms with Gasteiger partial charge in [-0.25, -0.2) is 22.6 Å². The molecule has 1 aromatic carbocycles. The molecular weight excluding hydrogens is 860 g/mol. The van der Waals surface area contributed by atoms with Crippen LogP contribution >= 0.6 is 0 Å². The standard InChI is InChI=1S/C40H48F7N5O9S/c1-21-8-6-7-9-23-17-38(23,34(55)51-62(57,58)37(20-41)12-13-37)50-31(53)29-16-25(60-32-26-11-10-24(59-5)15-27(26)28(18-48-32)39(42,43)44)19-52(29)33(54)30(22(2)14-21)49-35(56)61-36(3,4)40(45,46)47/h7,9-11,15,18,21-23,25,29-30H,6,8,12-14,16-17,19-20H2,1-5H3,(H,49,56)(H,50,53)(H,51,55)/b9-7-/t21-,22-,23-,25-,29+,30+,38-/m1/s1. The minimum atomic E-state index is -5.00. The minimum Gasteiger partial charge on any atom is -0.497 e. The lowest BCUT2D eigenvalue weighted by molar-refractivity contribution is -0.244. The highest BCUT2D eigenvalue weighted by Crippen LogP contribution is 2.48. The maximum atomic E-state index is 14.7. The average Bonchev–Trinajstić information content (AvgIpc) is 4.08. The number of alkyl carbamates (subject to hydrolysis) is 1. The van der Waals surface area contributed by atoms with Gasteiger partial charge >= 0.3 is 18.4 Å². The van der Waals surface area contributed by atoms with Crippen molar-refractivity contribution in [3.63, 3.8) is 0 Å². The molecule has 0 bridgehead atoms. The Morgan fingerprint density at radius 2 is 1.74 bits per heavy atom. The topological polar surface area (TPSA) is 182 Å². The molecule has 1 aromatic heterocycles. The summed E-state index contributed by atoms with van der Waals surface area (Å²) in [7, 11) is -3.28. The number of halogens is 7. The van der Waals surface area contributed by atoms with Crippen LogP contribution in [0.2, 0.25) is 0 Å². The number of sulfonamides is 1. The van der Waals surface area contributed by atoms with Crippen molar-refractivity contribution in [3.8, 4) is 11.6 Å². The van der Waals surface area contributed by atoms with Crippen molar-refractivity contribution >= 4 is 44.6 Å². The molecule has 6 rings (SSSR count). The maximum Gasteiger partial charge on any atom is 0.427 e. The Labute approximate surface area is 352 Å². The highest BCUT2D eigenvalue weighted by atomic mass is 32.2. The predicted octanol–water partition coefficient (Wildman–Crippen LogP) is 5.88. The van der Waals surface area contributed by atoms with Crippen molar-refractivity contribution in [2.24, 2.45) is 17.8 Å². The van der Waals surface area contributed by atoms with E-state index in [1.807, 2.05) is 11.6 Å². The fourth-order valence-corrected chi connectivity index (χ4v) is 9.42. The molecule has 2 aliphatic carbocycles. The van der Waals surface area contributed by atoms with Crippen LogP contribution in [0.1, 0.15) is 78.2 Å². The number of nitrogens with zero attached hydrogens (tertiary/aromatic N) is 2. The van der Waals surface area contributed by atoms with E-state index in [1.54, 1.807) is 19.1 Å². The number of carbonyl (C=O) groups excluding carboxylic acids is 4. The van der Waals surface area contributed by atoms with Gasteiger partial charge in [-0.3, -0.25) is 19.1 Å². The molecule has 1 saturated heterocycles. The minimum absolute atomic E-state index is 0.0288. The van der Waals surface area contributed by atoms with Gasteiger partial charge in [-0.2, -0.15) is 26.3 Å². The Balaban J connectivity index is 1.38. The zero-order chi connectivity index (χ0) is 45.8. The van der Waals surface area contributed by atoms with Gasteiger partial charge in [-0.1, -0.05) is 26.0 Å². The van der Waals surface area contributed by atoms with E-state index in [0.29, 0.717) is 32.9 Å². The van der Waals surface area contributed by atoms with Gasteiger partial charge in [0.2, 0.25) is 33.3 Å². The average molecular weight is 908 g/mol. The summed E-state index contributed by atoms with van der Waals surface area (Å²) in [5, 5.41) is 4.44. The molecule has 0 spiro atoms. The number of methoxy groups -OCH3 is 1. The van der Waals surface area contributed by atoms with Crippen LogP contribution in [-0.4, -0.2) is 103 Å². The molecule has 342 valence electrons. The number of ether oxygens (including phenoxy) is 3. The number of hydrogen-bond donors (Lipinski definition) is 3. The van der Waals surface area contributed by atoms with Gasteiger partial charge in [0.1, 0.15) is 40.9 Å². The molecule has 4 amide bonds. The summed E-state index contributed by atoms with van der Waals surface area (Å²) in [6.45, 7) is 2.93. The Bertz CT molecular complexity index is 2230. The molecule has 2 saturated carbocycles. The number of aromatic nitrogens is 1. The first-order chi connectivity index (χ1) is 28.8. The van der Waals surface area contributed by atoms with Crippen molar-refractivity contribution in [2.45, 2.75) is 119 Å². The number of alkyl halides is 7. The molecule has 3 N–H and O–H groups in total. The monoisotopic (exact) mass is 907 g/mol. The van der Waals surface area contributed by atoms with Crippen LogP contribution in [0, 0.1) is 17.8 Å². The zero-order valence-corrected chi connectivity index (χ0v) is 35.2. The molecule has 0 radical (unpaired) electrons. The highest BCUT2D eigenvalue weighted by molar-refractivity contribution is 7.91. The summed E-state index contributed by atoms with van der Waals surface area (Å²) in [6, 6.07) is 0.605. The molecule has 22 heteroatoms. The van der Waals surface area contributed by atoms with Gasteiger partial charge in [0.25, 0.3) is 5.91 Å². The molecule has 3 fully saturated rings. The first-order valence-corrected chi connectivity index (χ1v) is 21.4. The molecule has 3 heterocycles. The second-order valence-corrected chi connectivity index (χ2v) is 19.3. The lowest BCUT2D eigenvalue weighted by atomic mass is 9.88. The van der Waals surface area contributed by atoms with E-state index in [1.165, 1.54) is 19.2 Å². The van der Waals surface area contributed by atoms with E-state index in [9.17, 15) is 58.3 Å². The van der Waals surface area contributed by atoms with E-state index in [-0.39, 0.29) is 60.4 Å². The van der Waals surface area contributed by atoms with Crippen molar-refractivity contribution in [1.82, 2.24) is 25.2 Å². The van der Waals surface area contributed by atoms with Crippen LogP contribution < -0.4 is 24.8 Å². The molecular formula is C40H48F7N5O9S. The molecule has 7 atom stereocenters. The summed E-state index contributed by atoms with van der Waals surface area (Å²) in [5.74, 6) is -5.01. The molecule has 2 aromatic rings. The summed E-state index contributed by atoms with van der Waals surface area (Å²) in [4.78, 5) is 61.2. The van der Waals surface area contributed by atoms with Crippen LogP contribution in [-0.2, 0) is 35.3 Å². The van der Waals surface area contributed by atoms with Gasteiger partial charge in [0, 0.05) is 29.3 Å². The number of nitrogens with one attached hydrogen (secondary N) is 3. The second kappa shape index (κ2) is 16.7. The largest absolute Gasteiger partial charge is 0.497 e. The van der Waals surface area contributed by atoms with E-state index in [2.05, 4.69) is 15.6 Å². The van der Waals surface area contributed by atoms with Gasteiger partial charge in [0.05, 0.1) is 19.2 Å². The fourth-order valence-electron chi connectivity index (χ4n) is 8.00. The number of amides is 4. The van der Waals surface area contributed by atoms with Crippen LogP contribution in [0.25, 0.3) is 10.8 Å². The fraction of sp³-hybridized carbons (Fsp3) is 0.625. The number of hydrogen-bond acceptors (Lipinski definition) is 10. The van der Waals surface area contributed by atoms with E-state index in [0.717, 1.165) is 11.0 Å². The van der Waals surface area contributed by atoms with Crippen LogP contribution in [0.3, 0.4) is 0 Å². The van der Waals surface area contributed by atoms with Crippen LogP contribution in [0.4, 0.5) is 35.5 Å². The number of fused-ring (bicyclic) bond motifs is 3. The zero-order valence-electron chi connectivity index (χ0n) is 34.4. The van der Waals surface area contributed by atoms with Crippen molar-refractivity contribution in [3.05, 3.63) is 42.1 Å². The predicted molar refractivity (Wildman–Crippen MR) is 207 cm³/mol. The van der Waals surface area contributed by atoms with E-state index >= 15 is 0 Å². The van der Waals surface area contributed by atoms with E-state index < -0.39 is 111 Å². The van der Waals surface area contributed by atoms with Gasteiger partial charge < -0.3 is 29.7 Å². The highest BCUT2D eigenvalue weighted by Gasteiger charge is 2.64. The Morgan fingerprint density at radius 3 is 2.35 bits per heavy atom. The summed E-state index contributed by atoms with van der Waals surface area (Å²) in [6.07, 6.45) is -8.04. The first kappa shape index (κ1) is 46.6. The van der Waals surface area contributed by atoms with Crippen molar-refractivity contribution < 1.29 is 72.5 Å². The number of pyridine rings is 1. The molecule has 4 aliphatic rings. The first-order valence-electron chi connectivity index (χ1n) is 20.0. The van der Waals surface area contributed by atoms with Crippen LogP contribution in [0.15, 0.2) is 36.5 Å². The molecule has 14 nitrogen and oxygen atoms in total. The smallest absolute Gasteiger partial charge is 0.427 e. The number of benzene rings is 1. The van der Waals surface area contributed by atoms with Crippen LogP contribution in [0.5, 0.6) is 11.6 Å². The lowest BCUT2D eigenvalue weighted by Gasteiger charge is -2.34. The van der Waals surface area contributed by atoms with Crippen molar-refractivity contribution in [1.29, 1.82) is 0 Å². The summed E-state index contributed by atoms with van der Waals surface area (Å²) >= 11 is 0. The maximum absolute atomic E-state index is 14.7. The number of allylic oxidation sites excluding steroid dienone is 1. The SMILES string of the molecule is COc1ccc2c(O[C@@H]3C[C@H]4C(=O)N[C@]5(C(=O)NS(=O)(=O)C6(CF)CC6)C[C@H]5/C=C\CC[C@@H](C)C[C@@H](C)[C@H](NC(=O)OC(C)(C)C(F)(F)F)C(=O)N4C3)ncc(C(F)(F)F)c2c1. The van der Waals surface area contributed by atoms with Gasteiger partial charge in [-0.15, -0.1) is 0 Å². The molecule has 0 unspecified atom stereocenters. The van der Waals surface area contributed by atoms with E-state index in [4.69, 9.17) is 14.2 Å². The molecule has 2 aliphatic heterocycles. The lowest BCUT2D eigenvalue weighted by Crippen LogP contribution is -2.60. The Hall–Kier alpha value is -4.89. The quantitative estimate of drug-likeness (QED) is 0.203. The summed E-state index contributed by atoms with van der Waals surface area (Å²) in [5.41, 5.74) is -5.97. The van der Waals surface area contributed by atoms with Gasteiger partial charge in [0.15, 0.2) is 0 Å². The number of rotatable bonds is 9.